The SMILES string of the molecule is O=C1[C@H]2[C@H](C(=O)N1Cc1ccco1)[C@@H]1c3ccccc3[C@@H]2[C@@H]2C=CC=C[C@@H]21. The highest BCUT2D eigenvalue weighted by Crippen LogP contribution is 2.64. The van der Waals surface area contributed by atoms with Crippen LogP contribution in [0.4, 0.5) is 0 Å². The molecule has 2 bridgehead atoms. The summed E-state index contributed by atoms with van der Waals surface area (Å²) in [6.07, 6.45) is 10.2. The molecule has 0 spiro atoms. The van der Waals surface area contributed by atoms with E-state index in [1.165, 1.54) is 16.0 Å². The van der Waals surface area contributed by atoms with Gasteiger partial charge in [0.1, 0.15) is 5.76 Å². The molecule has 1 saturated carbocycles. The van der Waals surface area contributed by atoms with Gasteiger partial charge in [-0.15, -0.1) is 0 Å². The molecule has 134 valence electrons. The van der Waals surface area contributed by atoms with Crippen LogP contribution in [0.15, 0.2) is 71.4 Å². The number of furan rings is 1. The zero-order valence-electron chi connectivity index (χ0n) is 14.7. The first-order valence-corrected chi connectivity index (χ1v) is 9.57. The summed E-state index contributed by atoms with van der Waals surface area (Å²) in [6, 6.07) is 12.0. The summed E-state index contributed by atoms with van der Waals surface area (Å²) < 4.78 is 5.40. The Kier molecular flexibility index (Phi) is 2.99. The lowest BCUT2D eigenvalue weighted by Crippen LogP contribution is -2.49. The van der Waals surface area contributed by atoms with E-state index in [1.807, 2.05) is 18.2 Å². The monoisotopic (exact) mass is 357 g/mol. The number of likely N-dealkylation sites (tertiary alicyclic amines) is 1. The first kappa shape index (κ1) is 15.2. The molecule has 4 aliphatic carbocycles. The zero-order chi connectivity index (χ0) is 18.1. The van der Waals surface area contributed by atoms with E-state index in [0.717, 1.165) is 0 Å². The average molecular weight is 357 g/mol. The number of rotatable bonds is 2. The minimum atomic E-state index is -0.259. The Morgan fingerprint density at radius 2 is 1.37 bits per heavy atom. The van der Waals surface area contributed by atoms with Gasteiger partial charge in [-0.1, -0.05) is 48.6 Å². The maximum atomic E-state index is 13.4. The molecule has 6 atom stereocenters. The third-order valence-corrected chi connectivity index (χ3v) is 6.92. The smallest absolute Gasteiger partial charge is 0.234 e. The van der Waals surface area contributed by atoms with Gasteiger partial charge >= 0.3 is 0 Å². The number of carbonyl (C=O) groups is 2. The number of allylic oxidation sites excluding steroid dienone is 4. The van der Waals surface area contributed by atoms with Gasteiger partial charge in [-0.3, -0.25) is 14.5 Å². The Morgan fingerprint density at radius 1 is 0.778 bits per heavy atom. The number of carbonyl (C=O) groups excluding carboxylic acids is 2. The van der Waals surface area contributed by atoms with Crippen LogP contribution < -0.4 is 0 Å². The summed E-state index contributed by atoms with van der Waals surface area (Å²) in [5.74, 6) is 0.778. The van der Waals surface area contributed by atoms with E-state index < -0.39 is 0 Å². The fourth-order valence-electron chi connectivity index (χ4n) is 6.00. The molecule has 2 fully saturated rings. The highest BCUT2D eigenvalue weighted by molar-refractivity contribution is 6.06. The molecule has 0 radical (unpaired) electrons. The number of amides is 2. The first-order valence-electron chi connectivity index (χ1n) is 9.57. The molecule has 27 heavy (non-hydrogen) atoms. The predicted molar refractivity (Wildman–Crippen MR) is 98.4 cm³/mol. The fourth-order valence-corrected chi connectivity index (χ4v) is 6.00. The molecule has 4 heteroatoms. The summed E-state index contributed by atoms with van der Waals surface area (Å²) in [7, 11) is 0. The fraction of sp³-hybridized carbons (Fsp3) is 0.304. The summed E-state index contributed by atoms with van der Waals surface area (Å²) in [5, 5.41) is 0. The van der Waals surface area contributed by atoms with Crippen molar-refractivity contribution in [1.82, 2.24) is 4.90 Å². The molecule has 7 rings (SSSR count). The Morgan fingerprint density at radius 3 is 1.89 bits per heavy atom. The molecule has 2 amide bonds. The molecule has 2 aromatic rings. The van der Waals surface area contributed by atoms with Gasteiger partial charge in [-0.25, -0.2) is 0 Å². The third kappa shape index (κ3) is 1.88. The number of hydrogen-bond acceptors (Lipinski definition) is 3. The largest absolute Gasteiger partial charge is 0.467 e. The first-order chi connectivity index (χ1) is 13.3. The van der Waals surface area contributed by atoms with Gasteiger partial charge in [-0.2, -0.15) is 0 Å². The second kappa shape index (κ2) is 5.32. The van der Waals surface area contributed by atoms with Crippen LogP contribution in [0, 0.1) is 23.7 Å². The van der Waals surface area contributed by atoms with E-state index in [9.17, 15) is 9.59 Å². The number of imide groups is 1. The van der Waals surface area contributed by atoms with Crippen LogP contribution in [0.3, 0.4) is 0 Å². The maximum absolute atomic E-state index is 13.4. The van der Waals surface area contributed by atoms with Crippen molar-refractivity contribution in [2.75, 3.05) is 0 Å². The van der Waals surface area contributed by atoms with Gasteiger partial charge in [-0.05, 0) is 35.1 Å². The quantitative estimate of drug-likeness (QED) is 0.771. The molecule has 0 unspecified atom stereocenters. The molecular formula is C23H19NO3. The average Bonchev–Trinajstić information content (AvgIpc) is 3.31. The standard InChI is InChI=1S/C23H19NO3/c25-22-20-18-14-7-1-2-8-15(14)19(17-10-4-3-9-16(17)18)21(20)23(26)24(22)12-13-6-5-11-27-13/h1-11,14-15,18-21H,12H2/t14-,15+,18-,19-,20+,21+/m0/s1. The number of benzene rings is 1. The van der Waals surface area contributed by atoms with Gasteiger partial charge in [0.25, 0.3) is 0 Å². The second-order valence-electron chi connectivity index (χ2n) is 8.00. The molecule has 1 aromatic heterocycles. The van der Waals surface area contributed by atoms with E-state index in [-0.39, 0.29) is 53.9 Å². The van der Waals surface area contributed by atoms with Crippen molar-refractivity contribution in [3.63, 3.8) is 0 Å². The Balaban J connectivity index is 1.49. The Bertz CT molecular complexity index is 939. The van der Waals surface area contributed by atoms with Crippen LogP contribution in [0.1, 0.15) is 28.7 Å². The van der Waals surface area contributed by atoms with Crippen molar-refractivity contribution in [2.45, 2.75) is 18.4 Å². The highest BCUT2D eigenvalue weighted by atomic mass is 16.3. The van der Waals surface area contributed by atoms with Gasteiger partial charge in [0.05, 0.1) is 24.6 Å². The lowest BCUT2D eigenvalue weighted by atomic mass is 9.48. The van der Waals surface area contributed by atoms with E-state index in [0.29, 0.717) is 5.76 Å². The second-order valence-corrected chi connectivity index (χ2v) is 8.00. The van der Waals surface area contributed by atoms with Crippen molar-refractivity contribution in [3.05, 3.63) is 83.9 Å². The zero-order valence-corrected chi connectivity index (χ0v) is 14.7. The van der Waals surface area contributed by atoms with Crippen LogP contribution in [0.5, 0.6) is 0 Å². The topological polar surface area (TPSA) is 50.5 Å². The Hall–Kier alpha value is -2.88. The minimum absolute atomic E-state index is 0.0349. The van der Waals surface area contributed by atoms with Gasteiger partial charge in [0, 0.05) is 11.8 Å². The summed E-state index contributed by atoms with van der Waals surface area (Å²) in [4.78, 5) is 28.2. The third-order valence-electron chi connectivity index (χ3n) is 6.92. The van der Waals surface area contributed by atoms with Gasteiger partial charge in [0.2, 0.25) is 11.8 Å². The molecule has 4 nitrogen and oxygen atoms in total. The number of hydrogen-bond donors (Lipinski definition) is 0. The van der Waals surface area contributed by atoms with Crippen LogP contribution in [0.25, 0.3) is 0 Å². The normalized spacial score (nSPS) is 35.3. The van der Waals surface area contributed by atoms with Gasteiger partial charge in [0.15, 0.2) is 0 Å². The van der Waals surface area contributed by atoms with E-state index >= 15 is 0 Å². The summed E-state index contributed by atoms with van der Waals surface area (Å²) >= 11 is 0. The summed E-state index contributed by atoms with van der Waals surface area (Å²) in [6.45, 7) is 0.231. The molecule has 1 aromatic carbocycles. The van der Waals surface area contributed by atoms with Crippen LogP contribution in [-0.2, 0) is 16.1 Å². The van der Waals surface area contributed by atoms with Crippen LogP contribution >= 0.6 is 0 Å². The molecule has 5 aliphatic rings. The van der Waals surface area contributed by atoms with Crippen LogP contribution in [0.2, 0.25) is 0 Å². The molecule has 1 saturated heterocycles. The number of nitrogens with zero attached hydrogens (tertiary/aromatic N) is 1. The molecule has 2 heterocycles. The Labute approximate surface area is 157 Å². The lowest BCUT2D eigenvalue weighted by Gasteiger charge is -2.53. The predicted octanol–water partition coefficient (Wildman–Crippen LogP) is 3.63. The molecule has 1 aliphatic heterocycles. The van der Waals surface area contributed by atoms with E-state index in [4.69, 9.17) is 4.42 Å². The van der Waals surface area contributed by atoms with Crippen molar-refractivity contribution in [3.8, 4) is 0 Å². The maximum Gasteiger partial charge on any atom is 0.234 e. The van der Waals surface area contributed by atoms with Crippen molar-refractivity contribution >= 4 is 11.8 Å². The van der Waals surface area contributed by atoms with Crippen molar-refractivity contribution in [2.24, 2.45) is 23.7 Å². The van der Waals surface area contributed by atoms with E-state index in [2.05, 4.69) is 36.4 Å². The summed E-state index contributed by atoms with van der Waals surface area (Å²) in [5.41, 5.74) is 2.51. The molecule has 0 N–H and O–H groups in total. The van der Waals surface area contributed by atoms with Gasteiger partial charge < -0.3 is 4.42 Å². The van der Waals surface area contributed by atoms with Crippen LogP contribution in [-0.4, -0.2) is 16.7 Å². The van der Waals surface area contributed by atoms with Crippen molar-refractivity contribution in [1.29, 1.82) is 0 Å². The lowest BCUT2D eigenvalue weighted by molar-refractivity contribution is -0.141. The van der Waals surface area contributed by atoms with E-state index in [1.54, 1.807) is 12.3 Å². The minimum Gasteiger partial charge on any atom is -0.467 e. The molecular weight excluding hydrogens is 338 g/mol. The van der Waals surface area contributed by atoms with Crippen molar-refractivity contribution < 1.29 is 14.0 Å². The highest BCUT2D eigenvalue weighted by Gasteiger charge is 2.64.